The standard InChI is InChI=1S/C24H20ClF2N5O2/c1-14-8-10-32-21(11-14)30-20-13-15(12-18(22(20)32)19-3-2-9-28-31-19)23(33)29-16-4-6-17(7-5-16)34-24(25,26)27/h2-7,9,12-14H,8,10-11H2,1H3,(H,29,33)/t14-/m0/s1. The number of alkyl halides is 3. The molecule has 1 N–H and O–H groups in total. The smallest absolute Gasteiger partial charge is 0.420 e. The molecule has 2 aromatic heterocycles. The number of carbonyl (C=O) groups is 1. The SMILES string of the molecule is C[C@H]1CCn2c(nc3cc(C(=O)Nc4ccc(OC(F)(F)Cl)cc4)cc(-c4cccnn4)c32)C1. The zero-order chi connectivity index (χ0) is 23.9. The van der Waals surface area contributed by atoms with Gasteiger partial charge in [-0.25, -0.2) is 4.98 Å². The average Bonchev–Trinajstić information content (AvgIpc) is 3.16. The van der Waals surface area contributed by atoms with E-state index in [1.54, 1.807) is 24.4 Å². The van der Waals surface area contributed by atoms with Crippen molar-refractivity contribution in [2.24, 2.45) is 5.92 Å². The zero-order valence-electron chi connectivity index (χ0n) is 18.1. The predicted octanol–water partition coefficient (Wildman–Crippen LogP) is 5.50. The van der Waals surface area contributed by atoms with Crippen LogP contribution in [0, 0.1) is 5.92 Å². The van der Waals surface area contributed by atoms with E-state index in [2.05, 4.69) is 31.7 Å². The van der Waals surface area contributed by atoms with Gasteiger partial charge in [0, 0.05) is 47.6 Å². The molecular weight excluding hydrogens is 464 g/mol. The highest BCUT2D eigenvalue weighted by atomic mass is 35.5. The number of halogens is 3. The second-order valence-electron chi connectivity index (χ2n) is 8.30. The number of hydrogen-bond acceptors (Lipinski definition) is 5. The summed E-state index contributed by atoms with van der Waals surface area (Å²) in [6, 6.07) is 12.7. The fourth-order valence-corrected chi connectivity index (χ4v) is 4.28. The van der Waals surface area contributed by atoms with Gasteiger partial charge < -0.3 is 14.6 Å². The summed E-state index contributed by atoms with van der Waals surface area (Å²) in [5.74, 6) is 1.03. The molecule has 5 rings (SSSR count). The molecule has 3 heterocycles. The van der Waals surface area contributed by atoms with Crippen LogP contribution >= 0.6 is 11.6 Å². The average molecular weight is 484 g/mol. The van der Waals surface area contributed by atoms with Crippen molar-refractivity contribution in [1.82, 2.24) is 19.7 Å². The van der Waals surface area contributed by atoms with Crippen LogP contribution in [0.5, 0.6) is 5.75 Å². The van der Waals surface area contributed by atoms with Crippen LogP contribution in [-0.4, -0.2) is 31.2 Å². The number of carbonyl (C=O) groups excluding carboxylic acids is 1. The number of nitrogens with one attached hydrogen (secondary N) is 1. The minimum atomic E-state index is -3.81. The van der Waals surface area contributed by atoms with E-state index in [-0.39, 0.29) is 11.7 Å². The van der Waals surface area contributed by atoms with Gasteiger partial charge in [-0.1, -0.05) is 6.92 Å². The summed E-state index contributed by atoms with van der Waals surface area (Å²) < 4.78 is 32.1. The molecule has 2 aromatic carbocycles. The minimum absolute atomic E-state index is 0.123. The number of imidazole rings is 1. The topological polar surface area (TPSA) is 81.9 Å². The number of nitrogens with zero attached hydrogens (tertiary/aromatic N) is 4. The van der Waals surface area contributed by atoms with E-state index in [4.69, 9.17) is 16.6 Å². The molecule has 7 nitrogen and oxygen atoms in total. The summed E-state index contributed by atoms with van der Waals surface area (Å²) in [5.41, 5.74) is 0.0639. The summed E-state index contributed by atoms with van der Waals surface area (Å²) in [6.45, 7) is 3.05. The number of rotatable bonds is 5. The summed E-state index contributed by atoms with van der Waals surface area (Å²) in [6.07, 6.45) is 3.51. The lowest BCUT2D eigenvalue weighted by atomic mass is 10.00. The first-order valence-electron chi connectivity index (χ1n) is 10.8. The maximum Gasteiger partial charge on any atom is 0.487 e. The fourth-order valence-electron chi connectivity index (χ4n) is 4.19. The molecule has 1 aliphatic rings. The number of ether oxygens (including phenoxy) is 1. The first kappa shape index (κ1) is 22.2. The van der Waals surface area contributed by atoms with Crippen LogP contribution in [0.1, 0.15) is 29.5 Å². The molecule has 0 fully saturated rings. The van der Waals surface area contributed by atoms with Crippen molar-refractivity contribution in [3.63, 3.8) is 0 Å². The Bertz CT molecular complexity index is 1350. The number of fused-ring (bicyclic) bond motifs is 3. The third kappa shape index (κ3) is 4.56. The third-order valence-electron chi connectivity index (χ3n) is 5.75. The van der Waals surface area contributed by atoms with Gasteiger partial charge >= 0.3 is 5.57 Å². The molecule has 1 amide bonds. The maximum absolute atomic E-state index is 13.1. The quantitative estimate of drug-likeness (QED) is 0.379. The Kier molecular flexibility index (Phi) is 5.65. The number of benzene rings is 2. The normalized spacial score (nSPS) is 15.7. The van der Waals surface area contributed by atoms with Gasteiger partial charge in [0.1, 0.15) is 11.6 Å². The van der Waals surface area contributed by atoms with Crippen molar-refractivity contribution in [1.29, 1.82) is 0 Å². The van der Waals surface area contributed by atoms with E-state index in [1.165, 1.54) is 24.3 Å². The molecule has 0 aliphatic carbocycles. The van der Waals surface area contributed by atoms with E-state index < -0.39 is 5.57 Å². The second kappa shape index (κ2) is 8.64. The van der Waals surface area contributed by atoms with Crippen molar-refractivity contribution >= 4 is 34.2 Å². The Morgan fingerprint density at radius 3 is 2.74 bits per heavy atom. The molecule has 0 bridgehead atoms. The van der Waals surface area contributed by atoms with E-state index in [0.717, 1.165) is 36.3 Å². The van der Waals surface area contributed by atoms with Crippen LogP contribution in [-0.2, 0) is 13.0 Å². The van der Waals surface area contributed by atoms with Crippen molar-refractivity contribution < 1.29 is 18.3 Å². The Morgan fingerprint density at radius 2 is 2.03 bits per heavy atom. The van der Waals surface area contributed by atoms with Gasteiger partial charge in [-0.3, -0.25) is 4.79 Å². The number of aryl methyl sites for hydroxylation is 1. The largest absolute Gasteiger partial charge is 0.487 e. The molecule has 0 saturated carbocycles. The molecule has 0 spiro atoms. The summed E-state index contributed by atoms with van der Waals surface area (Å²) in [5, 5.41) is 11.0. The van der Waals surface area contributed by atoms with E-state index in [0.29, 0.717) is 28.4 Å². The molecule has 34 heavy (non-hydrogen) atoms. The van der Waals surface area contributed by atoms with Gasteiger partial charge in [0.15, 0.2) is 0 Å². The van der Waals surface area contributed by atoms with Crippen LogP contribution in [0.15, 0.2) is 54.7 Å². The lowest BCUT2D eigenvalue weighted by Crippen LogP contribution is -2.17. The molecule has 174 valence electrons. The van der Waals surface area contributed by atoms with Crippen molar-refractivity contribution in [3.8, 4) is 17.0 Å². The fraction of sp³-hybridized carbons (Fsp3) is 0.250. The monoisotopic (exact) mass is 483 g/mol. The Morgan fingerprint density at radius 1 is 1.24 bits per heavy atom. The minimum Gasteiger partial charge on any atom is -0.420 e. The van der Waals surface area contributed by atoms with Gasteiger partial charge in [0.2, 0.25) is 0 Å². The van der Waals surface area contributed by atoms with E-state index >= 15 is 0 Å². The lowest BCUT2D eigenvalue weighted by Gasteiger charge is -2.21. The molecule has 1 atom stereocenters. The number of hydrogen-bond donors (Lipinski definition) is 1. The van der Waals surface area contributed by atoms with Crippen molar-refractivity contribution in [3.05, 3.63) is 66.1 Å². The Balaban J connectivity index is 1.50. The second-order valence-corrected chi connectivity index (χ2v) is 8.74. The molecular formula is C24H20ClF2N5O2. The zero-order valence-corrected chi connectivity index (χ0v) is 18.9. The first-order chi connectivity index (χ1) is 16.3. The predicted molar refractivity (Wildman–Crippen MR) is 124 cm³/mol. The highest BCUT2D eigenvalue weighted by Crippen LogP contribution is 2.33. The van der Waals surface area contributed by atoms with Gasteiger partial charge in [-0.2, -0.15) is 10.2 Å². The van der Waals surface area contributed by atoms with Crippen LogP contribution in [0.2, 0.25) is 0 Å². The van der Waals surface area contributed by atoms with Crippen molar-refractivity contribution in [2.45, 2.75) is 31.9 Å². The van der Waals surface area contributed by atoms with Crippen LogP contribution in [0.25, 0.3) is 22.3 Å². The van der Waals surface area contributed by atoms with Crippen molar-refractivity contribution in [2.75, 3.05) is 5.32 Å². The molecule has 0 saturated heterocycles. The van der Waals surface area contributed by atoms with Crippen LogP contribution in [0.4, 0.5) is 14.5 Å². The highest BCUT2D eigenvalue weighted by Gasteiger charge is 2.27. The van der Waals surface area contributed by atoms with Crippen LogP contribution < -0.4 is 10.1 Å². The molecule has 0 radical (unpaired) electrons. The number of aromatic nitrogens is 4. The molecule has 10 heteroatoms. The van der Waals surface area contributed by atoms with Gasteiger partial charge in [0.05, 0.1) is 16.7 Å². The first-order valence-corrected chi connectivity index (χ1v) is 11.1. The van der Waals surface area contributed by atoms with Gasteiger partial charge in [0.25, 0.3) is 5.91 Å². The summed E-state index contributed by atoms with van der Waals surface area (Å²) in [4.78, 5) is 17.9. The third-order valence-corrected chi connectivity index (χ3v) is 5.83. The summed E-state index contributed by atoms with van der Waals surface area (Å²) in [7, 11) is 0. The van der Waals surface area contributed by atoms with Gasteiger partial charge in [-0.05, 0) is 60.9 Å². The van der Waals surface area contributed by atoms with E-state index in [1.807, 2.05) is 6.07 Å². The van der Waals surface area contributed by atoms with Gasteiger partial charge in [-0.15, -0.1) is 8.78 Å². The molecule has 1 aliphatic heterocycles. The molecule has 0 unspecified atom stereocenters. The Labute approximate surface area is 198 Å². The number of anilines is 1. The lowest BCUT2D eigenvalue weighted by molar-refractivity contribution is -0.0964. The Hall–Kier alpha value is -3.59. The highest BCUT2D eigenvalue weighted by molar-refractivity contribution is 6.20. The summed E-state index contributed by atoms with van der Waals surface area (Å²) >= 11 is 4.79. The van der Waals surface area contributed by atoms with Crippen LogP contribution in [0.3, 0.4) is 0 Å². The van der Waals surface area contributed by atoms with E-state index in [9.17, 15) is 13.6 Å². The molecule has 4 aromatic rings. The maximum atomic E-state index is 13.1. The number of amides is 1.